The Morgan fingerprint density at radius 3 is 2.82 bits per heavy atom. The first-order valence-electron chi connectivity index (χ1n) is 5.46. The van der Waals surface area contributed by atoms with Crippen molar-refractivity contribution in [2.75, 3.05) is 0 Å². The summed E-state index contributed by atoms with van der Waals surface area (Å²) in [4.78, 5) is 18.0. The molecule has 3 rings (SSSR count). The Morgan fingerprint density at radius 2 is 2.12 bits per heavy atom. The van der Waals surface area contributed by atoms with Gasteiger partial charge >= 0.3 is 0 Å². The van der Waals surface area contributed by atoms with Crippen LogP contribution in [0.25, 0.3) is 11.0 Å². The molecule has 0 amide bonds. The fraction of sp³-hybridized carbons (Fsp3) is 0.500. The highest BCUT2D eigenvalue weighted by atomic mass is 16.3. The number of H-pyrrole nitrogens is 2. The molecule has 0 radical (unpaired) electrons. The molecule has 0 spiro atoms. The lowest BCUT2D eigenvalue weighted by atomic mass is 10.0. The van der Waals surface area contributed by atoms with E-state index in [-0.39, 0.29) is 17.0 Å². The van der Waals surface area contributed by atoms with Crippen LogP contribution in [-0.4, -0.2) is 42.6 Å². The van der Waals surface area contributed by atoms with Crippen molar-refractivity contribution in [2.45, 2.75) is 31.0 Å². The number of hydrogen-bond donors (Lipinski definition) is 4. The number of aliphatic hydroxyl groups excluding tert-OH is 2. The van der Waals surface area contributed by atoms with Gasteiger partial charge in [-0.1, -0.05) is 0 Å². The van der Waals surface area contributed by atoms with E-state index >= 15 is 0 Å². The fourth-order valence-electron chi connectivity index (χ4n) is 2.40. The summed E-state index contributed by atoms with van der Waals surface area (Å²) in [7, 11) is 0. The first-order chi connectivity index (χ1) is 8.18. The number of aromatic nitrogens is 4. The number of hydrogen-bond acceptors (Lipinski definition) is 5. The Kier molecular flexibility index (Phi) is 2.23. The van der Waals surface area contributed by atoms with Crippen LogP contribution in [0.3, 0.4) is 0 Å². The average molecular weight is 236 g/mol. The molecule has 90 valence electrons. The van der Waals surface area contributed by atoms with E-state index in [1.54, 1.807) is 0 Å². The van der Waals surface area contributed by atoms with Crippen LogP contribution in [0.5, 0.6) is 0 Å². The molecule has 0 unspecified atom stereocenters. The van der Waals surface area contributed by atoms with E-state index < -0.39 is 12.2 Å². The second-order valence-electron chi connectivity index (χ2n) is 4.31. The average Bonchev–Trinajstić information content (AvgIpc) is 2.86. The molecule has 1 aliphatic rings. The number of rotatable bonds is 1. The Bertz CT molecular complexity index is 605. The molecular formula is C10H12N4O3. The molecule has 1 aliphatic carbocycles. The van der Waals surface area contributed by atoms with Crippen molar-refractivity contribution in [3.05, 3.63) is 22.4 Å². The smallest absolute Gasteiger partial charge is 0.279 e. The summed E-state index contributed by atoms with van der Waals surface area (Å²) in [5.74, 6) is -0.246. The van der Waals surface area contributed by atoms with E-state index in [1.165, 1.54) is 6.33 Å². The topological polar surface area (TPSA) is 115 Å². The van der Waals surface area contributed by atoms with E-state index in [2.05, 4.69) is 20.2 Å². The summed E-state index contributed by atoms with van der Waals surface area (Å²) in [6.45, 7) is 0. The molecule has 1 saturated carbocycles. The zero-order valence-corrected chi connectivity index (χ0v) is 8.92. The highest BCUT2D eigenvalue weighted by Gasteiger charge is 2.36. The van der Waals surface area contributed by atoms with Gasteiger partial charge in [0.25, 0.3) is 5.56 Å². The van der Waals surface area contributed by atoms with Crippen LogP contribution in [-0.2, 0) is 0 Å². The van der Waals surface area contributed by atoms with E-state index in [0.29, 0.717) is 24.1 Å². The SMILES string of the molecule is O=c1[nH]cnc2c([C@H]3CC[C@H](O)[C@@H]3O)[nH]nc12. The molecular weight excluding hydrogens is 224 g/mol. The van der Waals surface area contributed by atoms with Gasteiger partial charge in [0, 0.05) is 5.92 Å². The van der Waals surface area contributed by atoms with Crippen molar-refractivity contribution >= 4 is 11.0 Å². The lowest BCUT2D eigenvalue weighted by Gasteiger charge is -2.14. The molecule has 3 atom stereocenters. The molecule has 0 saturated heterocycles. The molecule has 1 fully saturated rings. The molecule has 2 aromatic heterocycles. The number of aromatic amines is 2. The van der Waals surface area contributed by atoms with Crippen LogP contribution in [0.15, 0.2) is 11.1 Å². The largest absolute Gasteiger partial charge is 0.390 e. The second-order valence-corrected chi connectivity index (χ2v) is 4.31. The van der Waals surface area contributed by atoms with Gasteiger partial charge in [-0.3, -0.25) is 9.89 Å². The minimum atomic E-state index is -0.834. The predicted octanol–water partition coefficient (Wildman–Crippen LogP) is -0.755. The van der Waals surface area contributed by atoms with Crippen LogP contribution >= 0.6 is 0 Å². The molecule has 7 heteroatoms. The van der Waals surface area contributed by atoms with Crippen LogP contribution in [0.4, 0.5) is 0 Å². The summed E-state index contributed by atoms with van der Waals surface area (Å²) in [6, 6.07) is 0. The summed E-state index contributed by atoms with van der Waals surface area (Å²) >= 11 is 0. The highest BCUT2D eigenvalue weighted by Crippen LogP contribution is 2.35. The van der Waals surface area contributed by atoms with Crippen LogP contribution in [0.1, 0.15) is 24.5 Å². The van der Waals surface area contributed by atoms with Crippen molar-refractivity contribution < 1.29 is 10.2 Å². The first-order valence-corrected chi connectivity index (χ1v) is 5.46. The molecule has 0 aromatic carbocycles. The van der Waals surface area contributed by atoms with Crippen molar-refractivity contribution in [3.63, 3.8) is 0 Å². The quantitative estimate of drug-likeness (QED) is 0.520. The minimum Gasteiger partial charge on any atom is -0.390 e. The monoisotopic (exact) mass is 236 g/mol. The zero-order valence-electron chi connectivity index (χ0n) is 8.92. The summed E-state index contributed by atoms with van der Waals surface area (Å²) in [6.07, 6.45) is 0.936. The van der Waals surface area contributed by atoms with Crippen LogP contribution in [0, 0.1) is 0 Å². The first kappa shape index (κ1) is 10.4. The van der Waals surface area contributed by atoms with E-state index in [9.17, 15) is 15.0 Å². The summed E-state index contributed by atoms with van der Waals surface area (Å²) in [5.41, 5.74) is 1.00. The summed E-state index contributed by atoms with van der Waals surface area (Å²) < 4.78 is 0. The maximum absolute atomic E-state index is 11.5. The normalized spacial score (nSPS) is 28.9. The number of nitrogens with one attached hydrogen (secondary N) is 2. The van der Waals surface area contributed by atoms with Crippen molar-refractivity contribution in [2.24, 2.45) is 0 Å². The lowest BCUT2D eigenvalue weighted by Crippen LogP contribution is -2.24. The third-order valence-corrected chi connectivity index (χ3v) is 3.32. The number of nitrogens with zero attached hydrogens (tertiary/aromatic N) is 2. The zero-order chi connectivity index (χ0) is 12.0. The fourth-order valence-corrected chi connectivity index (χ4v) is 2.40. The van der Waals surface area contributed by atoms with Gasteiger partial charge in [-0.25, -0.2) is 4.98 Å². The third kappa shape index (κ3) is 1.47. The molecule has 0 bridgehead atoms. The Hall–Kier alpha value is -1.73. The predicted molar refractivity (Wildman–Crippen MR) is 58.5 cm³/mol. The lowest BCUT2D eigenvalue weighted by molar-refractivity contribution is 0.0348. The minimum absolute atomic E-state index is 0.232. The van der Waals surface area contributed by atoms with Crippen molar-refractivity contribution in [1.29, 1.82) is 0 Å². The Morgan fingerprint density at radius 1 is 1.29 bits per heavy atom. The second kappa shape index (κ2) is 3.64. The molecule has 17 heavy (non-hydrogen) atoms. The van der Waals surface area contributed by atoms with Gasteiger partial charge in [0.05, 0.1) is 24.2 Å². The van der Waals surface area contributed by atoms with Gasteiger partial charge in [0.2, 0.25) is 0 Å². The van der Waals surface area contributed by atoms with Gasteiger partial charge in [-0.2, -0.15) is 5.10 Å². The van der Waals surface area contributed by atoms with Crippen LogP contribution < -0.4 is 5.56 Å². The van der Waals surface area contributed by atoms with Gasteiger partial charge in [-0.15, -0.1) is 0 Å². The van der Waals surface area contributed by atoms with Gasteiger partial charge < -0.3 is 15.2 Å². The maximum atomic E-state index is 11.5. The molecule has 2 aromatic rings. The third-order valence-electron chi connectivity index (χ3n) is 3.32. The van der Waals surface area contributed by atoms with E-state index in [1.807, 2.05) is 0 Å². The Labute approximate surface area is 95.5 Å². The van der Waals surface area contributed by atoms with Gasteiger partial charge in [0.15, 0.2) is 5.52 Å². The molecule has 7 nitrogen and oxygen atoms in total. The van der Waals surface area contributed by atoms with Crippen LogP contribution in [0.2, 0.25) is 0 Å². The number of aliphatic hydroxyl groups is 2. The Balaban J connectivity index is 2.13. The summed E-state index contributed by atoms with van der Waals surface area (Å²) in [5, 5.41) is 26.0. The van der Waals surface area contributed by atoms with E-state index in [0.717, 1.165) is 0 Å². The maximum Gasteiger partial charge on any atom is 0.279 e. The molecule has 4 N–H and O–H groups in total. The highest BCUT2D eigenvalue weighted by molar-refractivity contribution is 5.76. The molecule has 2 heterocycles. The number of fused-ring (bicyclic) bond motifs is 1. The van der Waals surface area contributed by atoms with Gasteiger partial charge in [-0.05, 0) is 12.8 Å². The standard InChI is InChI=1S/C10H12N4O3/c15-5-2-1-4(9(5)16)6-7-8(14-13-6)10(17)12-3-11-7/h3-5,9,15-16H,1-2H2,(H,13,14)(H,11,12,17)/t4-,5+,9-/m1/s1. The van der Waals surface area contributed by atoms with E-state index in [4.69, 9.17) is 0 Å². The van der Waals surface area contributed by atoms with Gasteiger partial charge in [0.1, 0.15) is 5.52 Å². The van der Waals surface area contributed by atoms with Crippen molar-refractivity contribution in [3.8, 4) is 0 Å². The van der Waals surface area contributed by atoms with Crippen molar-refractivity contribution in [1.82, 2.24) is 20.2 Å². The molecule has 0 aliphatic heterocycles.